The lowest BCUT2D eigenvalue weighted by Gasteiger charge is -2.08. The van der Waals surface area contributed by atoms with Gasteiger partial charge in [-0.2, -0.15) is 0 Å². The van der Waals surface area contributed by atoms with Gasteiger partial charge in [0, 0.05) is 39.1 Å². The standard InChI is InChI=1S/C27H52N2O8/c1-2-34-18-12-10-8-6-4-3-5-7-9-11-16-28-25(30)13-19-36-23-24-37-20-14-26(31)29-17-22-35-21-15-27(32)33/h2-24H2,1H3,(H,28,30)(H,29,31)(H,32,33). The highest BCUT2D eigenvalue weighted by atomic mass is 16.5. The van der Waals surface area contributed by atoms with Crippen LogP contribution in [0.15, 0.2) is 0 Å². The maximum Gasteiger partial charge on any atom is 0.305 e. The molecule has 0 aliphatic heterocycles. The van der Waals surface area contributed by atoms with Crippen molar-refractivity contribution in [3.63, 3.8) is 0 Å². The number of aliphatic carboxylic acids is 1. The van der Waals surface area contributed by atoms with Crippen molar-refractivity contribution in [3.05, 3.63) is 0 Å². The monoisotopic (exact) mass is 532 g/mol. The van der Waals surface area contributed by atoms with Crippen LogP contribution in [0.5, 0.6) is 0 Å². The van der Waals surface area contributed by atoms with Crippen LogP contribution in [-0.4, -0.2) is 88.8 Å². The Hall–Kier alpha value is -1.75. The van der Waals surface area contributed by atoms with Gasteiger partial charge in [0.15, 0.2) is 0 Å². The number of carbonyl (C=O) groups excluding carboxylic acids is 2. The van der Waals surface area contributed by atoms with Crippen molar-refractivity contribution in [2.24, 2.45) is 0 Å². The molecule has 10 heteroatoms. The number of hydrogen-bond acceptors (Lipinski definition) is 7. The minimum atomic E-state index is -0.911. The first-order valence-corrected chi connectivity index (χ1v) is 14.1. The number of rotatable bonds is 29. The zero-order valence-electron chi connectivity index (χ0n) is 23.1. The van der Waals surface area contributed by atoms with E-state index in [0.29, 0.717) is 32.8 Å². The second-order valence-corrected chi connectivity index (χ2v) is 8.91. The van der Waals surface area contributed by atoms with E-state index in [1.54, 1.807) is 0 Å². The molecule has 0 rings (SSSR count). The van der Waals surface area contributed by atoms with Crippen molar-refractivity contribution in [2.75, 3.05) is 65.9 Å². The molecule has 0 aliphatic carbocycles. The van der Waals surface area contributed by atoms with Crippen LogP contribution in [0, 0.1) is 0 Å². The van der Waals surface area contributed by atoms with Gasteiger partial charge >= 0.3 is 5.97 Å². The smallest absolute Gasteiger partial charge is 0.305 e. The molecule has 0 unspecified atom stereocenters. The number of unbranched alkanes of at least 4 members (excludes halogenated alkanes) is 9. The Bertz CT molecular complexity index is 548. The van der Waals surface area contributed by atoms with E-state index >= 15 is 0 Å². The number of carboxylic acid groups (broad SMARTS) is 1. The van der Waals surface area contributed by atoms with Gasteiger partial charge in [0.25, 0.3) is 0 Å². The van der Waals surface area contributed by atoms with Gasteiger partial charge < -0.3 is 34.7 Å². The van der Waals surface area contributed by atoms with Crippen LogP contribution < -0.4 is 10.6 Å². The number of hydrogen-bond donors (Lipinski definition) is 3. The molecule has 2 amide bonds. The summed E-state index contributed by atoms with van der Waals surface area (Å²) in [5, 5.41) is 14.1. The summed E-state index contributed by atoms with van der Waals surface area (Å²) in [5.74, 6) is -1.06. The number of ether oxygens (including phenoxy) is 4. The summed E-state index contributed by atoms with van der Waals surface area (Å²) in [6.07, 6.45) is 12.9. The third-order valence-corrected chi connectivity index (χ3v) is 5.59. The van der Waals surface area contributed by atoms with E-state index in [9.17, 15) is 14.4 Å². The van der Waals surface area contributed by atoms with Gasteiger partial charge in [0.1, 0.15) is 0 Å². The van der Waals surface area contributed by atoms with Crippen molar-refractivity contribution in [1.82, 2.24) is 10.6 Å². The third-order valence-electron chi connectivity index (χ3n) is 5.59. The molecule has 10 nitrogen and oxygen atoms in total. The minimum Gasteiger partial charge on any atom is -0.481 e. The predicted octanol–water partition coefficient (Wildman–Crippen LogP) is 3.46. The number of amides is 2. The summed E-state index contributed by atoms with van der Waals surface area (Å²) in [5.41, 5.74) is 0. The fraction of sp³-hybridized carbons (Fsp3) is 0.889. The van der Waals surface area contributed by atoms with E-state index in [1.165, 1.54) is 51.4 Å². The summed E-state index contributed by atoms with van der Waals surface area (Å²) in [6.45, 7) is 6.59. The molecule has 218 valence electrons. The highest BCUT2D eigenvalue weighted by Crippen LogP contribution is 2.10. The Morgan fingerprint density at radius 1 is 0.514 bits per heavy atom. The molecule has 0 aliphatic rings. The van der Waals surface area contributed by atoms with E-state index in [-0.39, 0.29) is 44.5 Å². The molecular formula is C27H52N2O8. The van der Waals surface area contributed by atoms with Crippen LogP contribution >= 0.6 is 0 Å². The molecule has 3 N–H and O–H groups in total. The second-order valence-electron chi connectivity index (χ2n) is 8.91. The second kappa shape index (κ2) is 28.8. The van der Waals surface area contributed by atoms with E-state index in [2.05, 4.69) is 10.6 Å². The lowest BCUT2D eigenvalue weighted by Crippen LogP contribution is -2.28. The molecular weight excluding hydrogens is 480 g/mol. The molecule has 0 saturated carbocycles. The molecule has 0 aromatic carbocycles. The lowest BCUT2D eigenvalue weighted by molar-refractivity contribution is -0.138. The molecule has 0 atom stereocenters. The van der Waals surface area contributed by atoms with Gasteiger partial charge in [-0.1, -0.05) is 51.4 Å². The summed E-state index contributed by atoms with van der Waals surface area (Å²) in [7, 11) is 0. The molecule has 0 heterocycles. The van der Waals surface area contributed by atoms with Gasteiger partial charge in [-0.05, 0) is 19.8 Å². The Kier molecular flexibility index (Phi) is 27.5. The van der Waals surface area contributed by atoms with Gasteiger partial charge in [0.2, 0.25) is 11.8 Å². The third kappa shape index (κ3) is 30.4. The first-order valence-electron chi connectivity index (χ1n) is 14.1. The van der Waals surface area contributed by atoms with Crippen LogP contribution in [0.4, 0.5) is 0 Å². The summed E-state index contributed by atoms with van der Waals surface area (Å²) >= 11 is 0. The molecule has 0 aromatic rings. The zero-order valence-corrected chi connectivity index (χ0v) is 23.1. The average Bonchev–Trinajstić information content (AvgIpc) is 2.87. The van der Waals surface area contributed by atoms with Crippen LogP contribution in [0.25, 0.3) is 0 Å². The Labute approximate surface area is 223 Å². The predicted molar refractivity (Wildman–Crippen MR) is 143 cm³/mol. The zero-order chi connectivity index (χ0) is 27.2. The maximum atomic E-state index is 11.8. The van der Waals surface area contributed by atoms with Crippen LogP contribution in [0.1, 0.15) is 90.4 Å². The molecule has 0 saturated heterocycles. The van der Waals surface area contributed by atoms with Crippen LogP contribution in [-0.2, 0) is 33.3 Å². The fourth-order valence-electron chi connectivity index (χ4n) is 3.47. The van der Waals surface area contributed by atoms with Gasteiger partial charge in [-0.25, -0.2) is 0 Å². The molecule has 0 fully saturated rings. The minimum absolute atomic E-state index is 0.00821. The van der Waals surface area contributed by atoms with Crippen molar-refractivity contribution in [2.45, 2.75) is 90.4 Å². The lowest BCUT2D eigenvalue weighted by atomic mass is 10.1. The SMILES string of the molecule is CCOCCCCCCCCCCCCNC(=O)CCOCCOCCC(=O)NCCOCCC(=O)O. The highest BCUT2D eigenvalue weighted by molar-refractivity contribution is 5.76. The van der Waals surface area contributed by atoms with E-state index < -0.39 is 5.97 Å². The molecule has 37 heavy (non-hydrogen) atoms. The molecule has 0 radical (unpaired) electrons. The molecule has 0 spiro atoms. The summed E-state index contributed by atoms with van der Waals surface area (Å²) < 4.78 is 21.2. The first kappa shape index (κ1) is 35.2. The topological polar surface area (TPSA) is 132 Å². The van der Waals surface area contributed by atoms with Gasteiger partial charge in [0.05, 0.1) is 46.1 Å². The highest BCUT2D eigenvalue weighted by Gasteiger charge is 2.03. The average molecular weight is 533 g/mol. The van der Waals surface area contributed by atoms with Crippen LogP contribution in [0.3, 0.4) is 0 Å². The normalized spacial score (nSPS) is 10.9. The van der Waals surface area contributed by atoms with Gasteiger partial charge in [-0.15, -0.1) is 0 Å². The summed E-state index contributed by atoms with van der Waals surface area (Å²) in [4.78, 5) is 33.8. The fourth-order valence-corrected chi connectivity index (χ4v) is 3.47. The van der Waals surface area contributed by atoms with Crippen molar-refractivity contribution >= 4 is 17.8 Å². The Balaban J connectivity index is 3.25. The Morgan fingerprint density at radius 2 is 0.973 bits per heavy atom. The van der Waals surface area contributed by atoms with Crippen molar-refractivity contribution in [1.29, 1.82) is 0 Å². The van der Waals surface area contributed by atoms with Gasteiger partial charge in [-0.3, -0.25) is 14.4 Å². The first-order chi connectivity index (χ1) is 18.1. The van der Waals surface area contributed by atoms with E-state index in [1.807, 2.05) is 6.92 Å². The number of nitrogens with one attached hydrogen (secondary N) is 2. The molecule has 0 bridgehead atoms. The number of carbonyl (C=O) groups is 3. The van der Waals surface area contributed by atoms with Crippen molar-refractivity contribution in [3.8, 4) is 0 Å². The van der Waals surface area contributed by atoms with E-state index in [4.69, 9.17) is 24.1 Å². The van der Waals surface area contributed by atoms with Crippen molar-refractivity contribution < 1.29 is 38.4 Å². The maximum absolute atomic E-state index is 11.8. The number of carboxylic acids is 1. The van der Waals surface area contributed by atoms with Crippen LogP contribution in [0.2, 0.25) is 0 Å². The Morgan fingerprint density at radius 3 is 1.51 bits per heavy atom. The summed E-state index contributed by atoms with van der Waals surface area (Å²) in [6, 6.07) is 0. The van der Waals surface area contributed by atoms with E-state index in [0.717, 1.165) is 32.6 Å². The largest absolute Gasteiger partial charge is 0.481 e. The molecule has 0 aromatic heterocycles. The quantitative estimate of drug-likeness (QED) is 0.125.